The van der Waals surface area contributed by atoms with Crippen LogP contribution in [0.1, 0.15) is 29.6 Å². The van der Waals surface area contributed by atoms with Crippen molar-refractivity contribution in [3.63, 3.8) is 0 Å². The summed E-state index contributed by atoms with van der Waals surface area (Å²) in [6.45, 7) is 4.97. The zero-order chi connectivity index (χ0) is 18.6. The molecule has 2 fully saturated rings. The lowest BCUT2D eigenvalue weighted by molar-refractivity contribution is 0.0746. The van der Waals surface area contributed by atoms with E-state index in [0.717, 1.165) is 37.4 Å². The summed E-state index contributed by atoms with van der Waals surface area (Å²) in [6, 6.07) is 15.4. The Morgan fingerprint density at radius 2 is 1.48 bits per heavy atom. The van der Waals surface area contributed by atoms with E-state index >= 15 is 0 Å². The number of phenolic OH excluding ortho intramolecular Hbond substituents is 1. The first-order valence-electron chi connectivity index (χ1n) is 9.89. The highest BCUT2D eigenvalue weighted by Gasteiger charge is 2.24. The van der Waals surface area contributed by atoms with Crippen LogP contribution in [-0.4, -0.2) is 55.2 Å². The Hall–Kier alpha value is -2.69. The fraction of sp³-hybridized carbons (Fsp3) is 0.409. The molecule has 4 rings (SSSR count). The molecule has 0 aliphatic carbocycles. The van der Waals surface area contributed by atoms with Crippen LogP contribution in [0.25, 0.3) is 0 Å². The number of hydrogen-bond acceptors (Lipinski definition) is 4. The predicted molar refractivity (Wildman–Crippen MR) is 109 cm³/mol. The molecule has 5 heteroatoms. The quantitative estimate of drug-likeness (QED) is 0.906. The molecule has 0 spiro atoms. The third-order valence-electron chi connectivity index (χ3n) is 5.61. The maximum atomic E-state index is 12.6. The highest BCUT2D eigenvalue weighted by atomic mass is 16.3. The van der Waals surface area contributed by atoms with E-state index in [4.69, 9.17) is 0 Å². The van der Waals surface area contributed by atoms with Gasteiger partial charge in [0.1, 0.15) is 5.75 Å². The summed E-state index contributed by atoms with van der Waals surface area (Å²) in [5.41, 5.74) is 2.80. The Morgan fingerprint density at radius 3 is 2.19 bits per heavy atom. The van der Waals surface area contributed by atoms with Gasteiger partial charge in [0.05, 0.1) is 5.69 Å². The molecule has 27 heavy (non-hydrogen) atoms. The average molecular weight is 365 g/mol. The number of rotatable bonds is 3. The van der Waals surface area contributed by atoms with Crippen LogP contribution >= 0.6 is 0 Å². The number of piperazine rings is 1. The predicted octanol–water partition coefficient (Wildman–Crippen LogP) is 3.34. The third-order valence-corrected chi connectivity index (χ3v) is 5.61. The van der Waals surface area contributed by atoms with Crippen molar-refractivity contribution in [2.24, 2.45) is 0 Å². The molecular weight excluding hydrogens is 338 g/mol. The van der Waals surface area contributed by atoms with Crippen molar-refractivity contribution in [3.05, 3.63) is 54.1 Å². The molecule has 2 aromatic carbocycles. The van der Waals surface area contributed by atoms with Crippen LogP contribution in [0.4, 0.5) is 11.4 Å². The standard InChI is InChI=1S/C22H27N3O2/c26-21-10-9-19(23-11-5-2-6-12-23)17-20(21)24-13-15-25(16-14-24)22(27)18-7-3-1-4-8-18/h1,3-4,7-10,17,26H,2,5-6,11-16H2. The minimum absolute atomic E-state index is 0.0848. The first-order chi connectivity index (χ1) is 13.2. The Bertz CT molecular complexity index is 779. The summed E-state index contributed by atoms with van der Waals surface area (Å²) >= 11 is 0. The van der Waals surface area contributed by atoms with Gasteiger partial charge in [-0.15, -0.1) is 0 Å². The molecule has 0 unspecified atom stereocenters. The fourth-order valence-corrected chi connectivity index (χ4v) is 4.03. The molecule has 0 bridgehead atoms. The molecule has 0 saturated carbocycles. The molecule has 0 atom stereocenters. The van der Waals surface area contributed by atoms with Gasteiger partial charge in [0.2, 0.25) is 0 Å². The molecule has 0 radical (unpaired) electrons. The SMILES string of the molecule is O=C(c1ccccc1)N1CCN(c2cc(N3CCCCC3)ccc2O)CC1. The van der Waals surface area contributed by atoms with Crippen molar-refractivity contribution in [2.45, 2.75) is 19.3 Å². The molecule has 2 aliphatic heterocycles. The summed E-state index contributed by atoms with van der Waals surface area (Å²) in [6.07, 6.45) is 3.77. The lowest BCUT2D eigenvalue weighted by Crippen LogP contribution is -2.48. The summed E-state index contributed by atoms with van der Waals surface area (Å²) in [5.74, 6) is 0.403. The Balaban J connectivity index is 1.44. The van der Waals surface area contributed by atoms with E-state index in [1.165, 1.54) is 24.9 Å². The van der Waals surface area contributed by atoms with Crippen LogP contribution < -0.4 is 9.80 Å². The van der Waals surface area contributed by atoms with Gasteiger partial charge in [0.15, 0.2) is 0 Å². The molecule has 2 saturated heterocycles. The van der Waals surface area contributed by atoms with E-state index in [-0.39, 0.29) is 5.91 Å². The van der Waals surface area contributed by atoms with Crippen LogP contribution in [0.2, 0.25) is 0 Å². The second-order valence-corrected chi connectivity index (χ2v) is 7.37. The van der Waals surface area contributed by atoms with E-state index in [1.807, 2.05) is 41.3 Å². The highest BCUT2D eigenvalue weighted by Crippen LogP contribution is 2.33. The van der Waals surface area contributed by atoms with Gasteiger partial charge in [-0.05, 0) is 49.6 Å². The zero-order valence-electron chi connectivity index (χ0n) is 15.7. The van der Waals surface area contributed by atoms with Crippen LogP contribution in [0, 0.1) is 0 Å². The van der Waals surface area contributed by atoms with Gasteiger partial charge < -0.3 is 19.8 Å². The van der Waals surface area contributed by atoms with Crippen molar-refractivity contribution < 1.29 is 9.90 Å². The summed E-state index contributed by atoms with van der Waals surface area (Å²) < 4.78 is 0. The fourth-order valence-electron chi connectivity index (χ4n) is 4.03. The molecule has 1 amide bonds. The number of phenols is 1. The molecule has 2 aromatic rings. The van der Waals surface area contributed by atoms with E-state index < -0.39 is 0 Å². The van der Waals surface area contributed by atoms with Crippen molar-refractivity contribution in [3.8, 4) is 5.75 Å². The molecule has 0 aromatic heterocycles. The third kappa shape index (κ3) is 3.87. The molecule has 142 valence electrons. The molecule has 1 N–H and O–H groups in total. The van der Waals surface area contributed by atoms with Gasteiger partial charge in [0.25, 0.3) is 5.91 Å². The molecule has 2 aliphatic rings. The number of aromatic hydroxyl groups is 1. The Morgan fingerprint density at radius 1 is 0.778 bits per heavy atom. The number of benzene rings is 2. The van der Waals surface area contributed by atoms with E-state index in [0.29, 0.717) is 18.8 Å². The van der Waals surface area contributed by atoms with Crippen LogP contribution in [-0.2, 0) is 0 Å². The van der Waals surface area contributed by atoms with E-state index in [1.54, 1.807) is 6.07 Å². The minimum atomic E-state index is 0.0848. The smallest absolute Gasteiger partial charge is 0.253 e. The number of carbonyl (C=O) groups excluding carboxylic acids is 1. The topological polar surface area (TPSA) is 47.0 Å². The first kappa shape index (κ1) is 17.7. The maximum absolute atomic E-state index is 12.6. The number of piperidine rings is 1. The van der Waals surface area contributed by atoms with Gasteiger partial charge in [0, 0.05) is 50.5 Å². The van der Waals surface area contributed by atoms with Crippen LogP contribution in [0.5, 0.6) is 5.75 Å². The Labute approximate surface area is 160 Å². The van der Waals surface area contributed by atoms with E-state index in [2.05, 4.69) is 15.9 Å². The molecule has 5 nitrogen and oxygen atoms in total. The van der Waals surface area contributed by atoms with Crippen molar-refractivity contribution in [1.29, 1.82) is 0 Å². The summed E-state index contributed by atoms with van der Waals surface area (Å²) in [5, 5.41) is 10.4. The number of anilines is 2. The van der Waals surface area contributed by atoms with Gasteiger partial charge in [-0.2, -0.15) is 0 Å². The second-order valence-electron chi connectivity index (χ2n) is 7.37. The minimum Gasteiger partial charge on any atom is -0.506 e. The number of nitrogens with zero attached hydrogens (tertiary/aromatic N) is 3. The lowest BCUT2D eigenvalue weighted by atomic mass is 10.1. The van der Waals surface area contributed by atoms with Crippen LogP contribution in [0.3, 0.4) is 0 Å². The first-order valence-corrected chi connectivity index (χ1v) is 9.89. The van der Waals surface area contributed by atoms with Gasteiger partial charge >= 0.3 is 0 Å². The normalized spacial score (nSPS) is 17.9. The van der Waals surface area contributed by atoms with Crippen molar-refractivity contribution >= 4 is 17.3 Å². The highest BCUT2D eigenvalue weighted by molar-refractivity contribution is 5.94. The lowest BCUT2D eigenvalue weighted by Gasteiger charge is -2.37. The monoisotopic (exact) mass is 365 g/mol. The second kappa shape index (κ2) is 7.91. The summed E-state index contributed by atoms with van der Waals surface area (Å²) in [4.78, 5) is 19.1. The number of hydrogen-bond donors (Lipinski definition) is 1. The Kier molecular flexibility index (Phi) is 5.19. The number of carbonyl (C=O) groups is 1. The van der Waals surface area contributed by atoms with E-state index in [9.17, 15) is 9.90 Å². The van der Waals surface area contributed by atoms with Crippen LogP contribution in [0.15, 0.2) is 48.5 Å². The van der Waals surface area contributed by atoms with Gasteiger partial charge in [-0.3, -0.25) is 4.79 Å². The van der Waals surface area contributed by atoms with Crippen molar-refractivity contribution in [2.75, 3.05) is 49.1 Å². The largest absolute Gasteiger partial charge is 0.506 e. The zero-order valence-corrected chi connectivity index (χ0v) is 15.7. The molecule has 2 heterocycles. The average Bonchev–Trinajstić information content (AvgIpc) is 2.75. The van der Waals surface area contributed by atoms with Gasteiger partial charge in [-0.25, -0.2) is 0 Å². The maximum Gasteiger partial charge on any atom is 0.253 e. The number of amides is 1. The molecular formula is C22H27N3O2. The summed E-state index contributed by atoms with van der Waals surface area (Å²) in [7, 11) is 0. The van der Waals surface area contributed by atoms with Gasteiger partial charge in [-0.1, -0.05) is 18.2 Å². The van der Waals surface area contributed by atoms with Crippen molar-refractivity contribution in [1.82, 2.24) is 4.90 Å².